The molecule has 66 valence electrons. The van der Waals surface area contributed by atoms with Gasteiger partial charge in [0.2, 0.25) is 0 Å². The van der Waals surface area contributed by atoms with Crippen molar-refractivity contribution < 1.29 is 13.5 Å². The molecule has 0 saturated heterocycles. The van der Waals surface area contributed by atoms with Crippen molar-refractivity contribution in [3.63, 3.8) is 0 Å². The van der Waals surface area contributed by atoms with Crippen LogP contribution in [0.25, 0.3) is 0 Å². The Bertz CT molecular complexity index is 236. The molecule has 0 amide bonds. The number of hydrogen-bond acceptors (Lipinski definition) is 3. The van der Waals surface area contributed by atoms with E-state index in [-0.39, 0.29) is 11.2 Å². The molecule has 11 heavy (non-hydrogen) atoms. The summed E-state index contributed by atoms with van der Waals surface area (Å²) in [5, 5.41) is 9.24. The van der Waals surface area contributed by atoms with E-state index in [2.05, 4.69) is 0 Å². The minimum atomic E-state index is -2.92. The molecule has 3 nitrogen and oxygen atoms in total. The van der Waals surface area contributed by atoms with Crippen molar-refractivity contribution in [3.05, 3.63) is 0 Å². The number of rotatable bonds is 3. The van der Waals surface area contributed by atoms with Gasteiger partial charge in [0.15, 0.2) is 0 Å². The Labute approximate surface area is 67.3 Å². The first kappa shape index (κ1) is 9.00. The third-order valence-corrected chi connectivity index (χ3v) is 3.43. The fourth-order valence-electron chi connectivity index (χ4n) is 1.37. The van der Waals surface area contributed by atoms with Crippen LogP contribution in [0.4, 0.5) is 0 Å². The van der Waals surface area contributed by atoms with Crippen LogP contribution < -0.4 is 0 Å². The van der Waals surface area contributed by atoms with Gasteiger partial charge in [-0.1, -0.05) is 0 Å². The van der Waals surface area contributed by atoms with Crippen LogP contribution in [0.1, 0.15) is 19.8 Å². The largest absolute Gasteiger partial charge is 0.393 e. The third-order valence-electron chi connectivity index (χ3n) is 2.33. The Morgan fingerprint density at radius 2 is 2.00 bits per heavy atom. The van der Waals surface area contributed by atoms with Crippen molar-refractivity contribution in [2.75, 3.05) is 12.0 Å². The first-order valence-electron chi connectivity index (χ1n) is 3.72. The summed E-state index contributed by atoms with van der Waals surface area (Å²) in [5.41, 5.74) is -0.298. The molecule has 4 heteroatoms. The highest BCUT2D eigenvalue weighted by Crippen LogP contribution is 2.49. The molecule has 0 heterocycles. The van der Waals surface area contributed by atoms with Crippen LogP contribution >= 0.6 is 0 Å². The lowest BCUT2D eigenvalue weighted by Crippen LogP contribution is -2.26. The molecule has 1 aliphatic rings. The van der Waals surface area contributed by atoms with Crippen molar-refractivity contribution in [2.45, 2.75) is 25.9 Å². The van der Waals surface area contributed by atoms with Crippen LogP contribution in [-0.2, 0) is 9.84 Å². The Balaban J connectivity index is 2.63. The SMILES string of the molecule is CC(O)C1(CS(C)(=O)=O)CC1. The minimum Gasteiger partial charge on any atom is -0.393 e. The van der Waals surface area contributed by atoms with E-state index >= 15 is 0 Å². The molecule has 1 aliphatic carbocycles. The van der Waals surface area contributed by atoms with E-state index in [4.69, 9.17) is 0 Å². The second-order valence-corrected chi connectivity index (χ2v) is 5.75. The second kappa shape index (κ2) is 2.45. The molecule has 0 radical (unpaired) electrons. The molecule has 0 aromatic heterocycles. The van der Waals surface area contributed by atoms with Crippen molar-refractivity contribution >= 4 is 9.84 Å². The zero-order chi connectivity index (χ0) is 8.70. The smallest absolute Gasteiger partial charge is 0.148 e. The van der Waals surface area contributed by atoms with Crippen molar-refractivity contribution in [3.8, 4) is 0 Å². The predicted octanol–water partition coefficient (Wildman–Crippen LogP) is 0.192. The van der Waals surface area contributed by atoms with Gasteiger partial charge in [0, 0.05) is 11.7 Å². The molecule has 1 rings (SSSR count). The molecule has 0 aromatic rings. The Morgan fingerprint density at radius 1 is 1.55 bits per heavy atom. The highest BCUT2D eigenvalue weighted by molar-refractivity contribution is 7.90. The van der Waals surface area contributed by atoms with Gasteiger partial charge in [0.1, 0.15) is 9.84 Å². The lowest BCUT2D eigenvalue weighted by atomic mass is 10.0. The van der Waals surface area contributed by atoms with Crippen LogP contribution in [0.5, 0.6) is 0 Å². The Morgan fingerprint density at radius 3 is 2.09 bits per heavy atom. The van der Waals surface area contributed by atoms with Crippen LogP contribution in [-0.4, -0.2) is 31.6 Å². The Hall–Kier alpha value is -0.0900. The first-order valence-corrected chi connectivity index (χ1v) is 5.78. The van der Waals surface area contributed by atoms with Crippen LogP contribution in [0.15, 0.2) is 0 Å². The summed E-state index contributed by atoms with van der Waals surface area (Å²) in [4.78, 5) is 0. The molecule has 0 aliphatic heterocycles. The molecule has 0 spiro atoms. The van der Waals surface area contributed by atoms with Gasteiger partial charge in [-0.15, -0.1) is 0 Å². The molecule has 0 aromatic carbocycles. The maximum absolute atomic E-state index is 10.9. The highest BCUT2D eigenvalue weighted by atomic mass is 32.2. The minimum absolute atomic E-state index is 0.137. The van der Waals surface area contributed by atoms with Crippen LogP contribution in [0.3, 0.4) is 0 Å². The van der Waals surface area contributed by atoms with Crippen LogP contribution in [0, 0.1) is 5.41 Å². The summed E-state index contributed by atoms with van der Waals surface area (Å²) in [6.45, 7) is 1.66. The van der Waals surface area contributed by atoms with Gasteiger partial charge >= 0.3 is 0 Å². The number of hydrogen-bond donors (Lipinski definition) is 1. The van der Waals surface area contributed by atoms with Crippen molar-refractivity contribution in [1.82, 2.24) is 0 Å². The zero-order valence-corrected chi connectivity index (χ0v) is 7.69. The van der Waals surface area contributed by atoms with Gasteiger partial charge in [0.25, 0.3) is 0 Å². The number of sulfone groups is 1. The van der Waals surface area contributed by atoms with E-state index in [1.54, 1.807) is 6.92 Å². The fraction of sp³-hybridized carbons (Fsp3) is 1.00. The van der Waals surface area contributed by atoms with E-state index < -0.39 is 15.9 Å². The van der Waals surface area contributed by atoms with E-state index in [0.717, 1.165) is 12.8 Å². The van der Waals surface area contributed by atoms with Crippen molar-refractivity contribution in [1.29, 1.82) is 0 Å². The Kier molecular flexibility index (Phi) is 2.01. The topological polar surface area (TPSA) is 54.4 Å². The number of aliphatic hydroxyl groups excluding tert-OH is 1. The average Bonchev–Trinajstić information content (AvgIpc) is 2.43. The van der Waals surface area contributed by atoms with Gasteiger partial charge in [-0.25, -0.2) is 8.42 Å². The molecule has 1 fully saturated rings. The summed E-state index contributed by atoms with van der Waals surface area (Å²) in [5.74, 6) is 0.137. The maximum Gasteiger partial charge on any atom is 0.148 e. The predicted molar refractivity (Wildman–Crippen MR) is 43.1 cm³/mol. The average molecular weight is 178 g/mol. The van der Waals surface area contributed by atoms with E-state index in [1.165, 1.54) is 6.26 Å². The van der Waals surface area contributed by atoms with Gasteiger partial charge in [-0.3, -0.25) is 0 Å². The third kappa shape index (κ3) is 2.17. The summed E-state index contributed by atoms with van der Waals surface area (Å²) < 4.78 is 21.8. The standard InChI is InChI=1S/C7H14O3S/c1-6(8)7(3-4-7)5-11(2,9)10/h6,8H,3-5H2,1-2H3. The second-order valence-electron chi connectivity index (χ2n) is 3.61. The van der Waals surface area contributed by atoms with Crippen LogP contribution in [0.2, 0.25) is 0 Å². The zero-order valence-electron chi connectivity index (χ0n) is 6.87. The molecule has 1 unspecified atom stereocenters. The first-order chi connectivity index (χ1) is 4.86. The lowest BCUT2D eigenvalue weighted by molar-refractivity contribution is 0.123. The molecular formula is C7H14O3S. The van der Waals surface area contributed by atoms with E-state index in [9.17, 15) is 13.5 Å². The maximum atomic E-state index is 10.9. The van der Waals surface area contributed by atoms with Crippen molar-refractivity contribution in [2.24, 2.45) is 5.41 Å². The highest BCUT2D eigenvalue weighted by Gasteiger charge is 2.48. The normalized spacial score (nSPS) is 24.6. The summed E-state index contributed by atoms with van der Waals surface area (Å²) in [6, 6.07) is 0. The van der Waals surface area contributed by atoms with Gasteiger partial charge < -0.3 is 5.11 Å². The van der Waals surface area contributed by atoms with Gasteiger partial charge in [-0.2, -0.15) is 0 Å². The van der Waals surface area contributed by atoms with E-state index in [1.807, 2.05) is 0 Å². The van der Waals surface area contributed by atoms with Gasteiger partial charge in [0.05, 0.1) is 11.9 Å². The summed E-state index contributed by atoms with van der Waals surface area (Å²) in [6.07, 6.45) is 2.42. The summed E-state index contributed by atoms with van der Waals surface area (Å²) in [7, 11) is -2.92. The molecular weight excluding hydrogens is 164 g/mol. The summed E-state index contributed by atoms with van der Waals surface area (Å²) >= 11 is 0. The van der Waals surface area contributed by atoms with E-state index in [0.29, 0.717) is 0 Å². The molecule has 1 N–H and O–H groups in total. The lowest BCUT2D eigenvalue weighted by Gasteiger charge is -2.16. The molecule has 0 bridgehead atoms. The number of aliphatic hydroxyl groups is 1. The molecule has 1 atom stereocenters. The molecule has 1 saturated carbocycles. The monoisotopic (exact) mass is 178 g/mol. The fourth-order valence-corrected chi connectivity index (χ4v) is 2.94. The van der Waals surface area contributed by atoms with Gasteiger partial charge in [-0.05, 0) is 19.8 Å². The quantitative estimate of drug-likeness (QED) is 0.671.